The van der Waals surface area contributed by atoms with Crippen LogP contribution in [0, 0.1) is 0 Å². The molecule has 0 aliphatic rings. The van der Waals surface area contributed by atoms with Crippen molar-refractivity contribution in [3.8, 4) is 11.5 Å². The zero-order chi connectivity index (χ0) is 29.1. The van der Waals surface area contributed by atoms with Gasteiger partial charge in [0.2, 0.25) is 11.8 Å². The summed E-state index contributed by atoms with van der Waals surface area (Å²) in [5.41, 5.74) is 2.26. The molecule has 2 amide bonds. The van der Waals surface area contributed by atoms with Gasteiger partial charge in [-0.15, -0.1) is 0 Å². The van der Waals surface area contributed by atoms with Crippen LogP contribution in [0.3, 0.4) is 0 Å². The number of carbonyl (C=O) groups is 2. The number of halogens is 1. The van der Waals surface area contributed by atoms with Gasteiger partial charge in [0.25, 0.3) is 0 Å². The van der Waals surface area contributed by atoms with E-state index in [0.717, 1.165) is 16.7 Å². The van der Waals surface area contributed by atoms with E-state index in [9.17, 15) is 9.59 Å². The van der Waals surface area contributed by atoms with Crippen LogP contribution in [0.2, 0.25) is 5.02 Å². The molecule has 0 bridgehead atoms. The number of benzene rings is 3. The van der Waals surface area contributed by atoms with Crippen LogP contribution < -0.4 is 14.8 Å². The zero-order valence-corrected chi connectivity index (χ0v) is 25.0. The molecule has 0 radical (unpaired) electrons. The average Bonchev–Trinajstić information content (AvgIpc) is 2.91. The van der Waals surface area contributed by atoms with Gasteiger partial charge in [-0.25, -0.2) is 0 Å². The highest BCUT2D eigenvalue weighted by Crippen LogP contribution is 2.29. The maximum Gasteiger partial charge on any atom is 0.243 e. The van der Waals surface area contributed by atoms with E-state index in [2.05, 4.69) is 5.32 Å². The molecular formula is C33H41ClN2O4. The Hall–Kier alpha value is -3.51. The number of aryl methyl sites for hydroxylation is 1. The maximum absolute atomic E-state index is 14.0. The predicted molar refractivity (Wildman–Crippen MR) is 161 cm³/mol. The van der Waals surface area contributed by atoms with Crippen LogP contribution in [-0.4, -0.2) is 41.5 Å². The summed E-state index contributed by atoms with van der Waals surface area (Å²) in [5.74, 6) is 1.02. The third kappa shape index (κ3) is 9.30. The monoisotopic (exact) mass is 564 g/mol. The van der Waals surface area contributed by atoms with E-state index in [1.54, 1.807) is 11.0 Å². The molecular weight excluding hydrogens is 524 g/mol. The van der Waals surface area contributed by atoms with Crippen molar-refractivity contribution in [3.63, 3.8) is 0 Å². The van der Waals surface area contributed by atoms with Crippen LogP contribution >= 0.6 is 11.6 Å². The smallest absolute Gasteiger partial charge is 0.243 e. The van der Waals surface area contributed by atoms with Crippen LogP contribution in [-0.2, 0) is 29.0 Å². The first kappa shape index (κ1) is 31.0. The van der Waals surface area contributed by atoms with Gasteiger partial charge in [-0.1, -0.05) is 66.2 Å². The quantitative estimate of drug-likeness (QED) is 0.253. The molecule has 214 valence electrons. The third-order valence-corrected chi connectivity index (χ3v) is 6.67. The summed E-state index contributed by atoms with van der Waals surface area (Å²) in [6, 6.07) is 22.3. The van der Waals surface area contributed by atoms with Gasteiger partial charge in [0.15, 0.2) is 11.5 Å². The second kappa shape index (κ2) is 14.8. The van der Waals surface area contributed by atoms with Gasteiger partial charge in [0, 0.05) is 29.9 Å². The minimum Gasteiger partial charge on any atom is -0.490 e. The van der Waals surface area contributed by atoms with E-state index < -0.39 is 11.6 Å². The zero-order valence-electron chi connectivity index (χ0n) is 24.2. The fraction of sp³-hybridized carbons (Fsp3) is 0.394. The Labute approximate surface area is 243 Å². The molecule has 0 saturated carbocycles. The number of ether oxygens (including phenoxy) is 2. The van der Waals surface area contributed by atoms with Gasteiger partial charge >= 0.3 is 0 Å². The van der Waals surface area contributed by atoms with E-state index >= 15 is 0 Å². The number of amides is 2. The number of hydrogen-bond donors (Lipinski definition) is 1. The number of carbonyl (C=O) groups excluding carboxylic acids is 2. The van der Waals surface area contributed by atoms with Crippen molar-refractivity contribution in [3.05, 3.63) is 94.5 Å². The van der Waals surface area contributed by atoms with Gasteiger partial charge in [-0.05, 0) is 75.9 Å². The van der Waals surface area contributed by atoms with Crippen LogP contribution in [0.1, 0.15) is 57.7 Å². The second-order valence-corrected chi connectivity index (χ2v) is 11.1. The summed E-state index contributed by atoms with van der Waals surface area (Å²) in [4.78, 5) is 29.3. The van der Waals surface area contributed by atoms with Crippen molar-refractivity contribution in [2.45, 2.75) is 72.0 Å². The Kier molecular flexibility index (Phi) is 11.4. The highest BCUT2D eigenvalue weighted by molar-refractivity contribution is 6.31. The van der Waals surface area contributed by atoms with Crippen molar-refractivity contribution in [1.82, 2.24) is 10.2 Å². The summed E-state index contributed by atoms with van der Waals surface area (Å²) < 4.78 is 11.5. The van der Waals surface area contributed by atoms with Gasteiger partial charge < -0.3 is 19.7 Å². The fourth-order valence-electron chi connectivity index (χ4n) is 4.46. The van der Waals surface area contributed by atoms with Gasteiger partial charge in [0.1, 0.15) is 6.04 Å². The molecule has 0 fully saturated rings. The maximum atomic E-state index is 14.0. The van der Waals surface area contributed by atoms with E-state index in [1.807, 2.05) is 101 Å². The lowest BCUT2D eigenvalue weighted by Gasteiger charge is -2.34. The Bertz CT molecular complexity index is 1260. The molecule has 0 aliphatic carbocycles. The topological polar surface area (TPSA) is 67.9 Å². The van der Waals surface area contributed by atoms with Crippen LogP contribution in [0.15, 0.2) is 72.8 Å². The molecule has 1 N–H and O–H groups in total. The number of hydrogen-bond acceptors (Lipinski definition) is 4. The summed E-state index contributed by atoms with van der Waals surface area (Å²) in [6.07, 6.45) is 1.10. The minimum atomic E-state index is -0.718. The Morgan fingerprint density at radius 2 is 1.52 bits per heavy atom. The number of nitrogens with one attached hydrogen (secondary N) is 1. The normalized spacial score (nSPS) is 11.9. The predicted octanol–water partition coefficient (Wildman–Crippen LogP) is 6.62. The molecule has 0 spiro atoms. The molecule has 40 heavy (non-hydrogen) atoms. The highest BCUT2D eigenvalue weighted by Gasteiger charge is 2.32. The largest absolute Gasteiger partial charge is 0.490 e. The average molecular weight is 565 g/mol. The molecule has 0 aliphatic heterocycles. The van der Waals surface area contributed by atoms with E-state index in [-0.39, 0.29) is 24.8 Å². The third-order valence-electron chi connectivity index (χ3n) is 6.30. The summed E-state index contributed by atoms with van der Waals surface area (Å²) in [6.45, 7) is 10.9. The fourth-order valence-corrected chi connectivity index (χ4v) is 4.66. The molecule has 0 aromatic heterocycles. The standard InChI is InChI=1S/C33H41ClN2O4/c1-6-39-29-19-17-25(22-30(29)40-7-2)18-20-31(37)36(23-26-15-11-12-16-27(26)34)28(32(38)35-33(3,4)5)21-24-13-9-8-10-14-24/h8-17,19,22,28H,6-7,18,20-21,23H2,1-5H3,(H,35,38)/t28-/m1/s1. The Balaban J connectivity index is 1.93. The number of nitrogens with zero attached hydrogens (tertiary/aromatic N) is 1. The SMILES string of the molecule is CCOc1ccc(CCC(=O)N(Cc2ccccc2Cl)[C@H](Cc2ccccc2)C(=O)NC(C)(C)C)cc1OCC. The Morgan fingerprint density at radius 1 is 0.875 bits per heavy atom. The molecule has 3 rings (SSSR count). The molecule has 6 nitrogen and oxygen atoms in total. The van der Waals surface area contributed by atoms with Crippen LogP contribution in [0.4, 0.5) is 0 Å². The second-order valence-electron chi connectivity index (χ2n) is 10.7. The Morgan fingerprint density at radius 3 is 2.17 bits per heavy atom. The molecule has 7 heteroatoms. The van der Waals surface area contributed by atoms with Gasteiger partial charge in [0.05, 0.1) is 13.2 Å². The van der Waals surface area contributed by atoms with Crippen molar-refractivity contribution < 1.29 is 19.1 Å². The van der Waals surface area contributed by atoms with Crippen molar-refractivity contribution in [2.24, 2.45) is 0 Å². The summed E-state index contributed by atoms with van der Waals surface area (Å²) >= 11 is 6.52. The first-order chi connectivity index (χ1) is 19.1. The van der Waals surface area contributed by atoms with Gasteiger partial charge in [-0.3, -0.25) is 9.59 Å². The van der Waals surface area contributed by atoms with E-state index in [0.29, 0.717) is 42.6 Å². The first-order valence-electron chi connectivity index (χ1n) is 13.9. The summed E-state index contributed by atoms with van der Waals surface area (Å²) in [5, 5.41) is 3.65. The molecule has 0 unspecified atom stereocenters. The van der Waals surface area contributed by atoms with Crippen LogP contribution in [0.5, 0.6) is 11.5 Å². The molecule has 0 heterocycles. The van der Waals surface area contributed by atoms with Gasteiger partial charge in [-0.2, -0.15) is 0 Å². The molecule has 3 aromatic carbocycles. The molecule has 1 atom stereocenters. The lowest BCUT2D eigenvalue weighted by atomic mass is 9.99. The van der Waals surface area contributed by atoms with E-state index in [4.69, 9.17) is 21.1 Å². The number of rotatable bonds is 13. The molecule has 0 saturated heterocycles. The van der Waals surface area contributed by atoms with Crippen molar-refractivity contribution in [2.75, 3.05) is 13.2 Å². The van der Waals surface area contributed by atoms with Crippen LogP contribution in [0.25, 0.3) is 0 Å². The van der Waals surface area contributed by atoms with Crippen molar-refractivity contribution >= 4 is 23.4 Å². The lowest BCUT2D eigenvalue weighted by Crippen LogP contribution is -2.54. The first-order valence-corrected chi connectivity index (χ1v) is 14.3. The minimum absolute atomic E-state index is 0.128. The molecule has 3 aromatic rings. The highest BCUT2D eigenvalue weighted by atomic mass is 35.5. The van der Waals surface area contributed by atoms with Crippen molar-refractivity contribution in [1.29, 1.82) is 0 Å². The van der Waals surface area contributed by atoms with E-state index in [1.165, 1.54) is 0 Å². The summed E-state index contributed by atoms with van der Waals surface area (Å²) in [7, 11) is 0. The lowest BCUT2D eigenvalue weighted by molar-refractivity contribution is -0.141.